The van der Waals surface area contributed by atoms with Crippen LogP contribution in [0.15, 0.2) is 24.5 Å². The molecule has 4 rings (SSSR count). The van der Waals surface area contributed by atoms with Gasteiger partial charge in [-0.3, -0.25) is 4.79 Å². The van der Waals surface area contributed by atoms with Crippen LogP contribution in [-0.2, 0) is 4.74 Å². The third-order valence-corrected chi connectivity index (χ3v) is 4.19. The number of fused-ring (bicyclic) bond motifs is 1. The van der Waals surface area contributed by atoms with E-state index in [1.807, 2.05) is 13.0 Å². The molecule has 0 unspecified atom stereocenters. The number of ether oxygens (including phenoxy) is 3. The maximum absolute atomic E-state index is 12.6. The number of amides is 1. The molecule has 0 aliphatic carbocycles. The van der Waals surface area contributed by atoms with Crippen LogP contribution in [-0.4, -0.2) is 49.0 Å². The van der Waals surface area contributed by atoms with Gasteiger partial charge in [0.2, 0.25) is 6.79 Å². The second kappa shape index (κ2) is 6.56. The number of rotatable bonds is 3. The van der Waals surface area contributed by atoms with Crippen molar-refractivity contribution in [3.05, 3.63) is 35.8 Å². The van der Waals surface area contributed by atoms with E-state index in [9.17, 15) is 4.79 Å². The average Bonchev–Trinajstić information content (AvgIpc) is 3.10. The SMILES string of the molecule is Cc1cc2c(cc1NC(=O)c1cc(N3CCOCC3)ncn1)OCO2. The Morgan fingerprint density at radius 2 is 1.88 bits per heavy atom. The van der Waals surface area contributed by atoms with Crippen LogP contribution in [0.1, 0.15) is 16.1 Å². The number of aryl methyl sites for hydroxylation is 1. The summed E-state index contributed by atoms with van der Waals surface area (Å²) in [4.78, 5) is 23.0. The van der Waals surface area contributed by atoms with Gasteiger partial charge in [0.25, 0.3) is 5.91 Å². The van der Waals surface area contributed by atoms with Gasteiger partial charge in [-0.1, -0.05) is 0 Å². The summed E-state index contributed by atoms with van der Waals surface area (Å²) >= 11 is 0. The molecule has 1 aromatic carbocycles. The van der Waals surface area contributed by atoms with Crippen molar-refractivity contribution in [2.24, 2.45) is 0 Å². The highest BCUT2D eigenvalue weighted by Crippen LogP contribution is 2.36. The molecule has 25 heavy (non-hydrogen) atoms. The third kappa shape index (κ3) is 3.20. The molecule has 0 radical (unpaired) electrons. The molecular formula is C17H18N4O4. The van der Waals surface area contributed by atoms with Crippen molar-refractivity contribution in [2.45, 2.75) is 6.92 Å². The van der Waals surface area contributed by atoms with Crippen molar-refractivity contribution in [1.29, 1.82) is 0 Å². The number of morpholine rings is 1. The summed E-state index contributed by atoms with van der Waals surface area (Å²) in [7, 11) is 0. The fourth-order valence-electron chi connectivity index (χ4n) is 2.80. The van der Waals surface area contributed by atoms with Gasteiger partial charge in [-0.05, 0) is 18.6 Å². The molecule has 0 saturated carbocycles. The minimum absolute atomic E-state index is 0.195. The van der Waals surface area contributed by atoms with Crippen molar-refractivity contribution in [1.82, 2.24) is 9.97 Å². The lowest BCUT2D eigenvalue weighted by molar-refractivity contribution is 0.102. The van der Waals surface area contributed by atoms with Crippen molar-refractivity contribution in [3.8, 4) is 11.5 Å². The number of hydrogen-bond donors (Lipinski definition) is 1. The van der Waals surface area contributed by atoms with Crippen LogP contribution in [0.25, 0.3) is 0 Å². The van der Waals surface area contributed by atoms with Crippen molar-refractivity contribution in [2.75, 3.05) is 43.3 Å². The molecule has 1 amide bonds. The number of carbonyl (C=O) groups excluding carboxylic acids is 1. The van der Waals surface area contributed by atoms with Gasteiger partial charge in [0.1, 0.15) is 17.8 Å². The van der Waals surface area contributed by atoms with Crippen molar-refractivity contribution >= 4 is 17.4 Å². The van der Waals surface area contributed by atoms with Crippen molar-refractivity contribution in [3.63, 3.8) is 0 Å². The maximum Gasteiger partial charge on any atom is 0.274 e. The first-order valence-corrected chi connectivity index (χ1v) is 8.07. The largest absolute Gasteiger partial charge is 0.454 e. The lowest BCUT2D eigenvalue weighted by Gasteiger charge is -2.27. The second-order valence-corrected chi connectivity index (χ2v) is 5.84. The highest BCUT2D eigenvalue weighted by Gasteiger charge is 2.19. The zero-order chi connectivity index (χ0) is 17.2. The van der Waals surface area contributed by atoms with E-state index in [1.165, 1.54) is 6.33 Å². The predicted octanol–water partition coefficient (Wildman–Crippen LogP) is 1.60. The van der Waals surface area contributed by atoms with Crippen LogP contribution in [0, 0.1) is 6.92 Å². The number of carbonyl (C=O) groups is 1. The fourth-order valence-corrected chi connectivity index (χ4v) is 2.80. The highest BCUT2D eigenvalue weighted by atomic mass is 16.7. The Kier molecular flexibility index (Phi) is 4.10. The molecular weight excluding hydrogens is 324 g/mol. The Balaban J connectivity index is 1.53. The van der Waals surface area contributed by atoms with E-state index in [4.69, 9.17) is 14.2 Å². The van der Waals surface area contributed by atoms with Gasteiger partial charge in [-0.25, -0.2) is 9.97 Å². The molecule has 2 aliphatic heterocycles. The monoisotopic (exact) mass is 342 g/mol. The number of nitrogens with one attached hydrogen (secondary N) is 1. The Bertz CT molecular complexity index is 805. The zero-order valence-electron chi connectivity index (χ0n) is 13.8. The summed E-state index contributed by atoms with van der Waals surface area (Å²) in [5, 5.41) is 2.88. The molecule has 0 atom stereocenters. The lowest BCUT2D eigenvalue weighted by Crippen LogP contribution is -2.37. The van der Waals surface area contributed by atoms with Crippen LogP contribution < -0.4 is 19.7 Å². The molecule has 2 aromatic rings. The van der Waals surface area contributed by atoms with E-state index >= 15 is 0 Å². The van der Waals surface area contributed by atoms with Crippen LogP contribution >= 0.6 is 0 Å². The molecule has 2 aliphatic rings. The zero-order valence-corrected chi connectivity index (χ0v) is 13.8. The Labute approximate surface area is 144 Å². The number of benzene rings is 1. The van der Waals surface area contributed by atoms with Gasteiger partial charge in [-0.2, -0.15) is 0 Å². The summed E-state index contributed by atoms with van der Waals surface area (Å²) in [6.45, 7) is 4.90. The molecule has 1 N–H and O–H groups in total. The molecule has 1 fully saturated rings. The summed E-state index contributed by atoms with van der Waals surface area (Å²) < 4.78 is 16.0. The Hall–Kier alpha value is -2.87. The van der Waals surface area contributed by atoms with E-state index in [1.54, 1.807) is 12.1 Å². The van der Waals surface area contributed by atoms with Crippen molar-refractivity contribution < 1.29 is 19.0 Å². The third-order valence-electron chi connectivity index (χ3n) is 4.19. The van der Waals surface area contributed by atoms with Gasteiger partial charge in [0, 0.05) is 30.9 Å². The van der Waals surface area contributed by atoms with Crippen LogP contribution in [0.2, 0.25) is 0 Å². The van der Waals surface area contributed by atoms with Gasteiger partial charge < -0.3 is 24.4 Å². The second-order valence-electron chi connectivity index (χ2n) is 5.84. The summed E-state index contributed by atoms with van der Waals surface area (Å²) in [6, 6.07) is 5.31. The molecule has 0 spiro atoms. The summed E-state index contributed by atoms with van der Waals surface area (Å²) in [5.41, 5.74) is 1.87. The molecule has 1 saturated heterocycles. The quantitative estimate of drug-likeness (QED) is 0.907. The number of anilines is 2. The lowest BCUT2D eigenvalue weighted by atomic mass is 10.1. The minimum Gasteiger partial charge on any atom is -0.454 e. The van der Waals surface area contributed by atoms with Gasteiger partial charge in [-0.15, -0.1) is 0 Å². The van der Waals surface area contributed by atoms with Crippen LogP contribution in [0.5, 0.6) is 11.5 Å². The smallest absolute Gasteiger partial charge is 0.274 e. The average molecular weight is 342 g/mol. The van der Waals surface area contributed by atoms with Gasteiger partial charge in [0.05, 0.1) is 13.2 Å². The first kappa shape index (κ1) is 15.6. The normalized spacial score (nSPS) is 16.0. The van der Waals surface area contributed by atoms with Crippen LogP contribution in [0.4, 0.5) is 11.5 Å². The first-order valence-electron chi connectivity index (χ1n) is 8.07. The fraction of sp³-hybridized carbons (Fsp3) is 0.353. The number of hydrogen-bond acceptors (Lipinski definition) is 7. The van der Waals surface area contributed by atoms with Crippen LogP contribution in [0.3, 0.4) is 0 Å². The first-order chi connectivity index (χ1) is 12.2. The maximum atomic E-state index is 12.6. The highest BCUT2D eigenvalue weighted by molar-refractivity contribution is 6.03. The topological polar surface area (TPSA) is 85.8 Å². The molecule has 8 heteroatoms. The van der Waals surface area contributed by atoms with E-state index in [0.29, 0.717) is 36.1 Å². The van der Waals surface area contributed by atoms with E-state index in [0.717, 1.165) is 24.5 Å². The Morgan fingerprint density at radius 1 is 1.12 bits per heavy atom. The molecule has 3 heterocycles. The predicted molar refractivity (Wildman–Crippen MR) is 90.3 cm³/mol. The van der Waals surface area contributed by atoms with Gasteiger partial charge >= 0.3 is 0 Å². The van der Waals surface area contributed by atoms with E-state index < -0.39 is 0 Å². The van der Waals surface area contributed by atoms with Gasteiger partial charge in [0.15, 0.2) is 11.5 Å². The number of aromatic nitrogens is 2. The molecule has 1 aromatic heterocycles. The molecule has 8 nitrogen and oxygen atoms in total. The summed E-state index contributed by atoms with van der Waals surface area (Å²) in [6.07, 6.45) is 1.41. The molecule has 0 bridgehead atoms. The summed E-state index contributed by atoms with van der Waals surface area (Å²) in [5.74, 6) is 1.74. The van der Waals surface area contributed by atoms with E-state index in [2.05, 4.69) is 20.2 Å². The number of nitrogens with zero attached hydrogens (tertiary/aromatic N) is 3. The van der Waals surface area contributed by atoms with E-state index in [-0.39, 0.29) is 12.7 Å². The molecule has 130 valence electrons. The standard InChI is InChI=1S/C17H18N4O4/c1-11-6-14-15(25-10-24-14)7-12(11)20-17(22)13-8-16(19-9-18-13)21-2-4-23-5-3-21/h6-9H,2-5,10H2,1H3,(H,20,22). The Morgan fingerprint density at radius 3 is 2.68 bits per heavy atom. The minimum atomic E-state index is -0.293.